The maximum atomic E-state index is 8.46. The molecule has 2 aromatic rings. The molecule has 0 amide bonds. The Morgan fingerprint density at radius 3 is 3.27 bits per heavy atom. The maximum Gasteiger partial charge on any atom is 0.273 e. The summed E-state index contributed by atoms with van der Waals surface area (Å²) in [4.78, 5) is 3.82. The van der Waals surface area contributed by atoms with Crippen LogP contribution in [-0.4, -0.2) is 25.0 Å². The molecular weight excluding hydrogens is 144 g/mol. The van der Waals surface area contributed by atoms with Gasteiger partial charge in [0.1, 0.15) is 6.07 Å². The molecule has 2 rings (SSSR count). The topological polar surface area (TPSA) is 79.8 Å². The van der Waals surface area contributed by atoms with Gasteiger partial charge in [0, 0.05) is 0 Å². The summed E-state index contributed by atoms with van der Waals surface area (Å²) < 4.78 is 1.35. The minimum absolute atomic E-state index is 0.393. The molecule has 0 unspecified atom stereocenters. The van der Waals surface area contributed by atoms with Gasteiger partial charge in [-0.15, -0.1) is 0 Å². The molecule has 0 aliphatic heterocycles. The van der Waals surface area contributed by atoms with Gasteiger partial charge in [0.15, 0.2) is 0 Å². The lowest BCUT2D eigenvalue weighted by molar-refractivity contribution is 0.819. The zero-order valence-corrected chi connectivity index (χ0v) is 5.34. The number of fused-ring (bicyclic) bond motifs is 1. The number of tetrazole rings is 1. The second-order valence-corrected chi connectivity index (χ2v) is 1.88. The van der Waals surface area contributed by atoms with Crippen LogP contribution in [0.2, 0.25) is 0 Å². The first kappa shape index (κ1) is 5.73. The highest BCUT2D eigenvalue weighted by Crippen LogP contribution is 1.94. The summed E-state index contributed by atoms with van der Waals surface area (Å²) in [5.74, 6) is 0.393. The van der Waals surface area contributed by atoms with Crippen LogP contribution < -0.4 is 0 Å². The fourth-order valence-corrected chi connectivity index (χ4v) is 0.708. The Balaban J connectivity index is 2.79. The van der Waals surface area contributed by atoms with Crippen LogP contribution in [0.3, 0.4) is 0 Å². The van der Waals surface area contributed by atoms with E-state index in [1.165, 1.54) is 16.9 Å². The number of nitriles is 1. The minimum Gasteiger partial charge on any atom is -0.217 e. The van der Waals surface area contributed by atoms with Gasteiger partial charge in [-0.25, -0.2) is 4.98 Å². The predicted molar refractivity (Wildman–Crippen MR) is 33.3 cm³/mol. The molecule has 2 heterocycles. The van der Waals surface area contributed by atoms with Crippen molar-refractivity contribution in [1.29, 1.82) is 5.26 Å². The molecule has 52 valence electrons. The first-order valence-corrected chi connectivity index (χ1v) is 2.84. The first-order valence-electron chi connectivity index (χ1n) is 2.84. The van der Waals surface area contributed by atoms with E-state index in [1.807, 2.05) is 6.07 Å². The van der Waals surface area contributed by atoms with Gasteiger partial charge in [-0.2, -0.15) is 9.78 Å². The van der Waals surface area contributed by atoms with Gasteiger partial charge in [0.25, 0.3) is 5.78 Å². The number of rotatable bonds is 0. The number of hydrogen-bond acceptors (Lipinski definition) is 5. The van der Waals surface area contributed by atoms with Crippen LogP contribution in [0.15, 0.2) is 12.4 Å². The Morgan fingerprint density at radius 2 is 2.45 bits per heavy atom. The lowest BCUT2D eigenvalue weighted by Gasteiger charge is -1.86. The molecule has 11 heavy (non-hydrogen) atoms. The highest BCUT2D eigenvalue weighted by Gasteiger charge is 1.97. The monoisotopic (exact) mass is 146 g/mol. The van der Waals surface area contributed by atoms with Crippen molar-refractivity contribution in [2.45, 2.75) is 0 Å². The van der Waals surface area contributed by atoms with E-state index >= 15 is 0 Å². The lowest BCUT2D eigenvalue weighted by atomic mass is 10.4. The number of hydrogen-bond donors (Lipinski definition) is 0. The van der Waals surface area contributed by atoms with E-state index in [0.717, 1.165) is 0 Å². The molecule has 2 aromatic heterocycles. The molecule has 0 aliphatic rings. The molecule has 0 spiro atoms. The lowest BCUT2D eigenvalue weighted by Crippen LogP contribution is -1.91. The molecule has 0 bridgehead atoms. The van der Waals surface area contributed by atoms with Crippen molar-refractivity contribution < 1.29 is 0 Å². The van der Waals surface area contributed by atoms with Crippen molar-refractivity contribution in [3.8, 4) is 6.07 Å². The van der Waals surface area contributed by atoms with Gasteiger partial charge in [-0.05, 0) is 10.4 Å². The van der Waals surface area contributed by atoms with E-state index in [2.05, 4.69) is 20.5 Å². The minimum atomic E-state index is 0.393. The summed E-state index contributed by atoms with van der Waals surface area (Å²) in [6.45, 7) is 0. The molecular formula is C5H2N6. The van der Waals surface area contributed by atoms with E-state index in [9.17, 15) is 0 Å². The van der Waals surface area contributed by atoms with Gasteiger partial charge in [0.2, 0.25) is 0 Å². The van der Waals surface area contributed by atoms with Crippen LogP contribution in [0, 0.1) is 11.3 Å². The Hall–Kier alpha value is -2.03. The second-order valence-electron chi connectivity index (χ2n) is 1.88. The van der Waals surface area contributed by atoms with E-state index < -0.39 is 0 Å². The summed E-state index contributed by atoms with van der Waals surface area (Å²) in [6, 6.07) is 1.93. The van der Waals surface area contributed by atoms with Crippen LogP contribution in [0.1, 0.15) is 5.56 Å². The maximum absolute atomic E-state index is 8.46. The molecule has 0 aliphatic carbocycles. The molecule has 6 heteroatoms. The third-order valence-electron chi connectivity index (χ3n) is 1.19. The Bertz CT molecular complexity index is 424. The standard InChI is InChI=1S/C5H2N6/c6-1-4-2-7-5-8-9-10-11(5)3-4/h2-3H. The van der Waals surface area contributed by atoms with Crippen molar-refractivity contribution in [3.63, 3.8) is 0 Å². The Labute approximate surface area is 61.1 Å². The van der Waals surface area contributed by atoms with Crippen molar-refractivity contribution in [2.75, 3.05) is 0 Å². The van der Waals surface area contributed by atoms with E-state index in [4.69, 9.17) is 5.26 Å². The largest absolute Gasteiger partial charge is 0.273 e. The highest BCUT2D eigenvalue weighted by molar-refractivity contribution is 5.30. The molecule has 0 atom stereocenters. The zero-order valence-electron chi connectivity index (χ0n) is 5.34. The third kappa shape index (κ3) is 0.789. The van der Waals surface area contributed by atoms with E-state index in [1.54, 1.807) is 0 Å². The molecule has 0 radical (unpaired) electrons. The normalized spacial score (nSPS) is 9.73. The summed E-state index contributed by atoms with van der Waals surface area (Å²) in [5, 5.41) is 19.0. The van der Waals surface area contributed by atoms with Gasteiger partial charge >= 0.3 is 0 Å². The quantitative estimate of drug-likeness (QED) is 0.495. The van der Waals surface area contributed by atoms with Gasteiger partial charge in [-0.3, -0.25) is 0 Å². The van der Waals surface area contributed by atoms with Gasteiger partial charge < -0.3 is 0 Å². The average molecular weight is 146 g/mol. The molecule has 0 aromatic carbocycles. The van der Waals surface area contributed by atoms with Crippen molar-refractivity contribution in [2.24, 2.45) is 0 Å². The van der Waals surface area contributed by atoms with Crippen LogP contribution in [0.5, 0.6) is 0 Å². The summed E-state index contributed by atoms with van der Waals surface area (Å²) in [5.41, 5.74) is 0.435. The number of aromatic nitrogens is 5. The third-order valence-corrected chi connectivity index (χ3v) is 1.19. The summed E-state index contributed by atoms with van der Waals surface area (Å²) >= 11 is 0. The summed E-state index contributed by atoms with van der Waals surface area (Å²) in [6.07, 6.45) is 2.94. The molecule has 0 fully saturated rings. The molecule has 0 N–H and O–H groups in total. The fourth-order valence-electron chi connectivity index (χ4n) is 0.708. The number of nitrogens with zero attached hydrogens (tertiary/aromatic N) is 6. The van der Waals surface area contributed by atoms with Gasteiger partial charge in [0.05, 0.1) is 18.0 Å². The Morgan fingerprint density at radius 1 is 1.55 bits per heavy atom. The van der Waals surface area contributed by atoms with Crippen LogP contribution in [-0.2, 0) is 0 Å². The van der Waals surface area contributed by atoms with Gasteiger partial charge in [-0.1, -0.05) is 5.10 Å². The fraction of sp³-hybridized carbons (Fsp3) is 0. The SMILES string of the molecule is N#Cc1cnc2nnnn2c1. The van der Waals surface area contributed by atoms with Crippen molar-refractivity contribution >= 4 is 5.78 Å². The van der Waals surface area contributed by atoms with Crippen molar-refractivity contribution in [1.82, 2.24) is 25.0 Å². The zero-order chi connectivity index (χ0) is 7.68. The Kier molecular flexibility index (Phi) is 1.03. The smallest absolute Gasteiger partial charge is 0.217 e. The van der Waals surface area contributed by atoms with Crippen LogP contribution >= 0.6 is 0 Å². The van der Waals surface area contributed by atoms with E-state index in [0.29, 0.717) is 11.3 Å². The van der Waals surface area contributed by atoms with Crippen molar-refractivity contribution in [3.05, 3.63) is 18.0 Å². The molecule has 0 saturated carbocycles. The predicted octanol–water partition coefficient (Wildman–Crippen LogP) is -0.609. The summed E-state index contributed by atoms with van der Waals surface area (Å²) in [7, 11) is 0. The first-order chi connectivity index (χ1) is 5.40. The molecule has 6 nitrogen and oxygen atoms in total. The average Bonchev–Trinajstić information content (AvgIpc) is 2.50. The van der Waals surface area contributed by atoms with E-state index in [-0.39, 0.29) is 0 Å². The second kappa shape index (κ2) is 1.98. The van der Waals surface area contributed by atoms with Crippen LogP contribution in [0.4, 0.5) is 0 Å². The highest BCUT2D eigenvalue weighted by atomic mass is 15.5. The van der Waals surface area contributed by atoms with Crippen LogP contribution in [0.25, 0.3) is 5.78 Å². The molecule has 0 saturated heterocycles.